The zero-order valence-electron chi connectivity index (χ0n) is 9.66. The molecule has 90 valence electrons. The number of methoxy groups -OCH3 is 1. The van der Waals surface area contributed by atoms with Crippen molar-refractivity contribution in [2.75, 3.05) is 20.3 Å². The SMILES string of the molecule is COCC(C)CNCc1ccc(O)c(Br)c1. The molecule has 0 aromatic heterocycles. The summed E-state index contributed by atoms with van der Waals surface area (Å²) in [5.41, 5.74) is 1.15. The van der Waals surface area contributed by atoms with E-state index in [0.29, 0.717) is 5.92 Å². The summed E-state index contributed by atoms with van der Waals surface area (Å²) in [4.78, 5) is 0. The van der Waals surface area contributed by atoms with Gasteiger partial charge in [0.05, 0.1) is 4.47 Å². The molecule has 0 bridgehead atoms. The second kappa shape index (κ2) is 6.89. The number of rotatable bonds is 6. The third-order valence-corrected chi connectivity index (χ3v) is 2.92. The van der Waals surface area contributed by atoms with Crippen molar-refractivity contribution in [3.8, 4) is 5.75 Å². The maximum Gasteiger partial charge on any atom is 0.129 e. The van der Waals surface area contributed by atoms with Gasteiger partial charge >= 0.3 is 0 Å². The largest absolute Gasteiger partial charge is 0.507 e. The second-order valence-corrected chi connectivity index (χ2v) is 4.83. The van der Waals surface area contributed by atoms with E-state index in [-0.39, 0.29) is 5.75 Å². The minimum Gasteiger partial charge on any atom is -0.507 e. The molecule has 3 nitrogen and oxygen atoms in total. The lowest BCUT2D eigenvalue weighted by atomic mass is 10.2. The van der Waals surface area contributed by atoms with Crippen LogP contribution in [-0.2, 0) is 11.3 Å². The first-order valence-electron chi connectivity index (χ1n) is 5.30. The van der Waals surface area contributed by atoms with Gasteiger partial charge < -0.3 is 15.2 Å². The summed E-state index contributed by atoms with van der Waals surface area (Å²) in [7, 11) is 1.72. The Balaban J connectivity index is 2.34. The first kappa shape index (κ1) is 13.5. The van der Waals surface area contributed by atoms with E-state index >= 15 is 0 Å². The fourth-order valence-electron chi connectivity index (χ4n) is 1.47. The highest BCUT2D eigenvalue weighted by Gasteiger charge is 2.02. The van der Waals surface area contributed by atoms with E-state index < -0.39 is 0 Å². The Morgan fingerprint density at radius 1 is 1.50 bits per heavy atom. The van der Waals surface area contributed by atoms with Crippen molar-refractivity contribution in [3.63, 3.8) is 0 Å². The smallest absolute Gasteiger partial charge is 0.129 e. The molecule has 0 aliphatic carbocycles. The predicted molar refractivity (Wildman–Crippen MR) is 68.6 cm³/mol. The summed E-state index contributed by atoms with van der Waals surface area (Å²) in [5.74, 6) is 0.780. The fraction of sp³-hybridized carbons (Fsp3) is 0.500. The topological polar surface area (TPSA) is 41.5 Å². The highest BCUT2D eigenvalue weighted by Crippen LogP contribution is 2.24. The third-order valence-electron chi connectivity index (χ3n) is 2.29. The van der Waals surface area contributed by atoms with Gasteiger partial charge in [0.15, 0.2) is 0 Å². The summed E-state index contributed by atoms with van der Waals surface area (Å²) in [6.07, 6.45) is 0. The van der Waals surface area contributed by atoms with Crippen molar-refractivity contribution < 1.29 is 9.84 Å². The van der Waals surface area contributed by atoms with Crippen LogP contribution in [0.3, 0.4) is 0 Å². The van der Waals surface area contributed by atoms with Gasteiger partial charge in [0.25, 0.3) is 0 Å². The van der Waals surface area contributed by atoms with Crippen molar-refractivity contribution in [3.05, 3.63) is 28.2 Å². The van der Waals surface area contributed by atoms with Crippen LogP contribution in [0.15, 0.2) is 22.7 Å². The van der Waals surface area contributed by atoms with Gasteiger partial charge in [-0.1, -0.05) is 13.0 Å². The molecule has 0 aliphatic rings. The van der Waals surface area contributed by atoms with E-state index in [9.17, 15) is 5.11 Å². The standard InChI is InChI=1S/C12H18BrNO2/c1-9(8-16-2)6-14-7-10-3-4-12(15)11(13)5-10/h3-5,9,14-15H,6-8H2,1-2H3. The van der Waals surface area contributed by atoms with Gasteiger partial charge in [-0.3, -0.25) is 0 Å². The predicted octanol–water partition coefficient (Wildman–Crippen LogP) is 2.53. The molecule has 1 atom stereocenters. The van der Waals surface area contributed by atoms with E-state index in [1.807, 2.05) is 12.1 Å². The average Bonchev–Trinajstić information content (AvgIpc) is 2.24. The molecule has 16 heavy (non-hydrogen) atoms. The molecule has 0 spiro atoms. The summed E-state index contributed by atoms with van der Waals surface area (Å²) in [6.45, 7) is 4.63. The molecule has 1 unspecified atom stereocenters. The molecule has 0 fully saturated rings. The van der Waals surface area contributed by atoms with Gasteiger partial charge in [-0.25, -0.2) is 0 Å². The third kappa shape index (κ3) is 4.51. The Bertz CT molecular complexity index is 331. The normalized spacial score (nSPS) is 12.7. The molecule has 0 heterocycles. The quantitative estimate of drug-likeness (QED) is 0.845. The van der Waals surface area contributed by atoms with Gasteiger partial charge in [0.2, 0.25) is 0 Å². The summed E-state index contributed by atoms with van der Waals surface area (Å²) < 4.78 is 5.79. The molecule has 1 aromatic rings. The molecule has 0 amide bonds. The van der Waals surface area contributed by atoms with Crippen molar-refractivity contribution in [1.29, 1.82) is 0 Å². The molecule has 4 heteroatoms. The second-order valence-electron chi connectivity index (χ2n) is 3.98. The Kier molecular flexibility index (Phi) is 5.80. The molecule has 2 N–H and O–H groups in total. The average molecular weight is 288 g/mol. The number of ether oxygens (including phenoxy) is 1. The Labute approximate surface area is 105 Å². The number of aromatic hydroxyl groups is 1. The summed E-state index contributed by atoms with van der Waals surface area (Å²) in [6, 6.07) is 5.52. The zero-order valence-corrected chi connectivity index (χ0v) is 11.3. The van der Waals surface area contributed by atoms with Gasteiger partial charge in [0.1, 0.15) is 5.75 Å². The van der Waals surface area contributed by atoms with Crippen LogP contribution in [0.5, 0.6) is 5.75 Å². The number of hydrogen-bond donors (Lipinski definition) is 2. The lowest BCUT2D eigenvalue weighted by Crippen LogP contribution is -2.23. The molecule has 1 aromatic carbocycles. The van der Waals surface area contributed by atoms with E-state index in [1.165, 1.54) is 0 Å². The highest BCUT2D eigenvalue weighted by molar-refractivity contribution is 9.10. The van der Waals surface area contributed by atoms with E-state index in [2.05, 4.69) is 28.2 Å². The van der Waals surface area contributed by atoms with Crippen molar-refractivity contribution >= 4 is 15.9 Å². The first-order valence-corrected chi connectivity index (χ1v) is 6.10. The van der Waals surface area contributed by atoms with E-state index in [0.717, 1.165) is 29.7 Å². The van der Waals surface area contributed by atoms with Crippen LogP contribution in [0.25, 0.3) is 0 Å². The molecule has 0 saturated heterocycles. The maximum absolute atomic E-state index is 9.34. The Hall–Kier alpha value is -0.580. The lowest BCUT2D eigenvalue weighted by Gasteiger charge is -2.11. The number of benzene rings is 1. The Morgan fingerprint density at radius 3 is 2.88 bits per heavy atom. The molecule has 0 aliphatic heterocycles. The number of phenolic OH excluding ortho intramolecular Hbond substituents is 1. The number of halogens is 1. The first-order chi connectivity index (χ1) is 7.63. The van der Waals surface area contributed by atoms with Crippen LogP contribution in [0.4, 0.5) is 0 Å². The van der Waals surface area contributed by atoms with Crippen molar-refractivity contribution in [2.45, 2.75) is 13.5 Å². The number of nitrogens with one attached hydrogen (secondary N) is 1. The molecule has 0 radical (unpaired) electrons. The van der Waals surface area contributed by atoms with Crippen LogP contribution >= 0.6 is 15.9 Å². The van der Waals surface area contributed by atoms with E-state index in [1.54, 1.807) is 13.2 Å². The maximum atomic E-state index is 9.34. The van der Waals surface area contributed by atoms with Crippen molar-refractivity contribution in [1.82, 2.24) is 5.32 Å². The summed E-state index contributed by atoms with van der Waals surface area (Å²) in [5, 5.41) is 12.7. The lowest BCUT2D eigenvalue weighted by molar-refractivity contribution is 0.158. The Morgan fingerprint density at radius 2 is 2.25 bits per heavy atom. The summed E-state index contributed by atoms with van der Waals surface area (Å²) >= 11 is 3.29. The minimum absolute atomic E-state index is 0.275. The molecule has 1 rings (SSSR count). The molecular weight excluding hydrogens is 270 g/mol. The van der Waals surface area contributed by atoms with Gasteiger partial charge in [0, 0.05) is 26.8 Å². The fourth-order valence-corrected chi connectivity index (χ4v) is 1.89. The van der Waals surface area contributed by atoms with Crippen LogP contribution in [0.1, 0.15) is 12.5 Å². The minimum atomic E-state index is 0.275. The zero-order chi connectivity index (χ0) is 12.0. The van der Waals surface area contributed by atoms with Gasteiger partial charge in [-0.15, -0.1) is 0 Å². The molecular formula is C12H18BrNO2. The van der Waals surface area contributed by atoms with Crippen LogP contribution in [0, 0.1) is 5.92 Å². The van der Waals surface area contributed by atoms with Gasteiger partial charge in [-0.2, -0.15) is 0 Å². The van der Waals surface area contributed by atoms with Crippen LogP contribution in [0.2, 0.25) is 0 Å². The monoisotopic (exact) mass is 287 g/mol. The number of hydrogen-bond acceptors (Lipinski definition) is 3. The number of phenols is 1. The highest BCUT2D eigenvalue weighted by atomic mass is 79.9. The molecule has 0 saturated carbocycles. The van der Waals surface area contributed by atoms with Crippen LogP contribution < -0.4 is 5.32 Å². The van der Waals surface area contributed by atoms with Crippen molar-refractivity contribution in [2.24, 2.45) is 5.92 Å². The van der Waals surface area contributed by atoms with Gasteiger partial charge in [-0.05, 0) is 39.5 Å². The van der Waals surface area contributed by atoms with Crippen LogP contribution in [-0.4, -0.2) is 25.4 Å². The van der Waals surface area contributed by atoms with E-state index in [4.69, 9.17) is 4.74 Å².